The third-order valence-electron chi connectivity index (χ3n) is 14.8. The summed E-state index contributed by atoms with van der Waals surface area (Å²) in [5, 5.41) is 2.55. The number of fused-ring (bicyclic) bond motifs is 17. The van der Waals surface area contributed by atoms with Crippen molar-refractivity contribution in [2.45, 2.75) is 43.9 Å². The van der Waals surface area contributed by atoms with Gasteiger partial charge in [0.2, 0.25) is 0 Å². The maximum atomic E-state index is 2.58. The summed E-state index contributed by atoms with van der Waals surface area (Å²) in [6, 6.07) is 71.7. The van der Waals surface area contributed by atoms with Gasteiger partial charge in [0.25, 0.3) is 0 Å². The smallest absolute Gasteiger partial charge is 0.0726 e. The molecule has 4 aliphatic carbocycles. The van der Waals surface area contributed by atoms with Crippen LogP contribution < -0.4 is 4.90 Å². The Morgan fingerprint density at radius 2 is 0.733 bits per heavy atom. The van der Waals surface area contributed by atoms with Gasteiger partial charge in [-0.25, -0.2) is 0 Å². The fraction of sp³-hybridized carbons (Fsp3) is 0.119. The van der Waals surface area contributed by atoms with Crippen molar-refractivity contribution in [2.75, 3.05) is 4.90 Å². The van der Waals surface area contributed by atoms with Crippen LogP contribution >= 0.6 is 0 Å². The number of hydrogen-bond acceptors (Lipinski definition) is 1. The Morgan fingerprint density at radius 1 is 0.300 bits per heavy atom. The van der Waals surface area contributed by atoms with Crippen LogP contribution in [0.5, 0.6) is 0 Å². The monoisotopic (exact) mass is 765 g/mol. The van der Waals surface area contributed by atoms with Crippen LogP contribution in [-0.2, 0) is 16.2 Å². The van der Waals surface area contributed by atoms with E-state index in [-0.39, 0.29) is 10.8 Å². The van der Waals surface area contributed by atoms with Crippen LogP contribution in [0.15, 0.2) is 188 Å². The van der Waals surface area contributed by atoms with Crippen LogP contribution in [0.1, 0.15) is 72.2 Å². The Morgan fingerprint density at radius 3 is 1.32 bits per heavy atom. The molecule has 0 saturated carbocycles. The standard InChI is InChI=1S/C59H43N/c1-57(2)47-22-11-7-18-40(47)43-30-28-38(34-52(43)57)60(39-29-31-44-41-19-8-12-23-48(41)58(3,4)53(44)35-39)55-27-15-26-51-56(55)45-21-10-14-25-50(45)59(51)49-24-13-9-20-42(49)46-32-36-16-5-6-17-37(36)33-54(46)59/h5-35H,1-4H3. The Balaban J connectivity index is 1.11. The molecule has 1 nitrogen and oxygen atoms in total. The third kappa shape index (κ3) is 4.12. The lowest BCUT2D eigenvalue weighted by atomic mass is 9.70. The molecule has 0 aromatic heterocycles. The van der Waals surface area contributed by atoms with Crippen LogP contribution in [0.3, 0.4) is 0 Å². The van der Waals surface area contributed by atoms with E-state index < -0.39 is 5.41 Å². The Bertz CT molecular complexity index is 3240. The summed E-state index contributed by atoms with van der Waals surface area (Å²) in [5.74, 6) is 0. The van der Waals surface area contributed by atoms with Gasteiger partial charge in [-0.3, -0.25) is 0 Å². The van der Waals surface area contributed by atoms with E-state index in [0.717, 1.165) is 0 Å². The number of anilines is 3. The van der Waals surface area contributed by atoms with E-state index in [9.17, 15) is 0 Å². The zero-order valence-corrected chi connectivity index (χ0v) is 34.3. The minimum atomic E-state index is -0.466. The van der Waals surface area contributed by atoms with Crippen molar-refractivity contribution in [3.05, 3.63) is 233 Å². The van der Waals surface area contributed by atoms with Crippen LogP contribution in [0.25, 0.3) is 55.3 Å². The van der Waals surface area contributed by atoms with Crippen molar-refractivity contribution in [1.29, 1.82) is 0 Å². The summed E-state index contributed by atoms with van der Waals surface area (Å²) in [5.41, 5.74) is 24.4. The second-order valence-corrected chi connectivity index (χ2v) is 18.4. The summed E-state index contributed by atoms with van der Waals surface area (Å²) in [7, 11) is 0. The molecule has 9 aromatic carbocycles. The molecular formula is C59H43N. The second-order valence-electron chi connectivity index (χ2n) is 18.4. The number of hydrogen-bond donors (Lipinski definition) is 0. The van der Waals surface area contributed by atoms with Gasteiger partial charge < -0.3 is 4.90 Å². The van der Waals surface area contributed by atoms with Gasteiger partial charge in [0.1, 0.15) is 0 Å². The molecule has 13 rings (SSSR count). The SMILES string of the molecule is CC1(C)c2ccccc2-c2ccc(N(c3ccc4c(c3)C(C)(C)c3ccccc3-4)c3cccc4c3-c3ccccc3C43c4ccccc4-c4cc5ccccc5cc43)cc21. The predicted molar refractivity (Wildman–Crippen MR) is 250 cm³/mol. The highest BCUT2D eigenvalue weighted by molar-refractivity contribution is 6.04. The second kappa shape index (κ2) is 11.6. The molecule has 0 saturated heterocycles. The molecule has 1 unspecified atom stereocenters. The van der Waals surface area contributed by atoms with Crippen molar-refractivity contribution < 1.29 is 0 Å². The molecule has 0 heterocycles. The lowest BCUT2D eigenvalue weighted by molar-refractivity contribution is 0.660. The van der Waals surface area contributed by atoms with Crippen LogP contribution in [0, 0.1) is 0 Å². The minimum Gasteiger partial charge on any atom is -0.310 e. The first-order valence-electron chi connectivity index (χ1n) is 21.4. The lowest BCUT2D eigenvalue weighted by Gasteiger charge is -2.33. The Kier molecular flexibility index (Phi) is 6.57. The van der Waals surface area contributed by atoms with Gasteiger partial charge in [-0.2, -0.15) is 0 Å². The maximum Gasteiger partial charge on any atom is 0.0726 e. The van der Waals surface area contributed by atoms with E-state index in [1.165, 1.54) is 117 Å². The Labute approximate surface area is 352 Å². The first-order chi connectivity index (χ1) is 29.3. The fourth-order valence-corrected chi connectivity index (χ4v) is 12.1. The molecular weight excluding hydrogens is 723 g/mol. The quantitative estimate of drug-likeness (QED) is 0.173. The van der Waals surface area contributed by atoms with Crippen molar-refractivity contribution in [1.82, 2.24) is 0 Å². The minimum absolute atomic E-state index is 0.134. The van der Waals surface area contributed by atoms with Gasteiger partial charge in [0, 0.05) is 27.8 Å². The van der Waals surface area contributed by atoms with Crippen molar-refractivity contribution in [3.8, 4) is 44.5 Å². The van der Waals surface area contributed by atoms with Gasteiger partial charge >= 0.3 is 0 Å². The number of benzene rings is 9. The molecule has 0 amide bonds. The highest BCUT2D eigenvalue weighted by Crippen LogP contribution is 2.65. The summed E-state index contributed by atoms with van der Waals surface area (Å²) in [4.78, 5) is 2.58. The van der Waals surface area contributed by atoms with E-state index in [0.29, 0.717) is 0 Å². The topological polar surface area (TPSA) is 3.24 Å². The van der Waals surface area contributed by atoms with Crippen molar-refractivity contribution >= 4 is 27.8 Å². The van der Waals surface area contributed by atoms with E-state index in [2.05, 4.69) is 221 Å². The van der Waals surface area contributed by atoms with E-state index >= 15 is 0 Å². The molecule has 1 spiro atoms. The summed E-state index contributed by atoms with van der Waals surface area (Å²) in [6.07, 6.45) is 0. The molecule has 9 aromatic rings. The molecule has 0 N–H and O–H groups in total. The molecule has 1 heteroatoms. The maximum absolute atomic E-state index is 2.58. The van der Waals surface area contributed by atoms with Crippen LogP contribution in [0.4, 0.5) is 17.1 Å². The fourth-order valence-electron chi connectivity index (χ4n) is 12.1. The third-order valence-corrected chi connectivity index (χ3v) is 14.8. The normalized spacial score (nSPS) is 17.3. The van der Waals surface area contributed by atoms with E-state index in [4.69, 9.17) is 0 Å². The van der Waals surface area contributed by atoms with Gasteiger partial charge in [0.15, 0.2) is 0 Å². The molecule has 0 bridgehead atoms. The Hall–Kier alpha value is -6.96. The summed E-state index contributed by atoms with van der Waals surface area (Å²) >= 11 is 0. The highest BCUT2D eigenvalue weighted by Gasteiger charge is 2.52. The van der Waals surface area contributed by atoms with E-state index in [1.54, 1.807) is 0 Å². The van der Waals surface area contributed by atoms with Crippen LogP contribution in [-0.4, -0.2) is 0 Å². The average Bonchev–Trinajstić information content (AvgIpc) is 3.91. The van der Waals surface area contributed by atoms with Gasteiger partial charge in [-0.1, -0.05) is 173 Å². The van der Waals surface area contributed by atoms with E-state index in [1.807, 2.05) is 0 Å². The van der Waals surface area contributed by atoms with Gasteiger partial charge in [-0.15, -0.1) is 0 Å². The largest absolute Gasteiger partial charge is 0.310 e. The molecule has 0 fully saturated rings. The number of rotatable bonds is 3. The molecule has 0 radical (unpaired) electrons. The molecule has 0 aliphatic heterocycles. The summed E-state index contributed by atoms with van der Waals surface area (Å²) in [6.45, 7) is 9.55. The molecule has 284 valence electrons. The van der Waals surface area contributed by atoms with Gasteiger partial charge in [-0.05, 0) is 137 Å². The first kappa shape index (κ1) is 34.0. The first-order valence-corrected chi connectivity index (χ1v) is 21.4. The average molecular weight is 766 g/mol. The molecule has 60 heavy (non-hydrogen) atoms. The van der Waals surface area contributed by atoms with Crippen molar-refractivity contribution in [2.24, 2.45) is 0 Å². The predicted octanol–water partition coefficient (Wildman–Crippen LogP) is 15.3. The highest BCUT2D eigenvalue weighted by atomic mass is 15.1. The zero-order valence-electron chi connectivity index (χ0n) is 34.3. The molecule has 1 atom stereocenters. The zero-order chi connectivity index (χ0) is 40.1. The summed E-state index contributed by atoms with van der Waals surface area (Å²) < 4.78 is 0. The van der Waals surface area contributed by atoms with Crippen molar-refractivity contribution in [3.63, 3.8) is 0 Å². The molecule has 4 aliphatic rings. The van der Waals surface area contributed by atoms with Gasteiger partial charge in [0.05, 0.1) is 11.1 Å². The van der Waals surface area contributed by atoms with Crippen LogP contribution in [0.2, 0.25) is 0 Å². The lowest BCUT2D eigenvalue weighted by Crippen LogP contribution is -2.26. The number of nitrogens with zero attached hydrogens (tertiary/aromatic N) is 1.